The highest BCUT2D eigenvalue weighted by Crippen LogP contribution is 2.25. The first-order valence-corrected chi connectivity index (χ1v) is 9.91. The van der Waals surface area contributed by atoms with E-state index in [9.17, 15) is 14.4 Å². The maximum atomic E-state index is 12.3. The standard InChI is InChI=1S/C19H26N2O4S/c1-12-3-7-15(8-4-12)20-17(22)11-26-13(2)18(23)21-16-9-5-14(6-10-16)19(24)25/h3-4,7-8,13-14,16H,5-6,9-11H2,1-2H3,(H,20,22)(H,21,23)(H,24,25). The summed E-state index contributed by atoms with van der Waals surface area (Å²) >= 11 is 1.29. The van der Waals surface area contributed by atoms with Crippen molar-refractivity contribution in [2.75, 3.05) is 11.1 Å². The second kappa shape index (κ2) is 9.62. The SMILES string of the molecule is Cc1ccc(NC(=O)CSC(C)C(=O)NC2CCC(C(=O)O)CC2)cc1. The number of amides is 2. The van der Waals surface area contributed by atoms with E-state index in [4.69, 9.17) is 5.11 Å². The lowest BCUT2D eigenvalue weighted by Gasteiger charge is -2.27. The van der Waals surface area contributed by atoms with Gasteiger partial charge < -0.3 is 15.7 Å². The molecule has 142 valence electrons. The normalized spacial score (nSPS) is 20.8. The van der Waals surface area contributed by atoms with Crippen LogP contribution in [0.5, 0.6) is 0 Å². The van der Waals surface area contributed by atoms with E-state index < -0.39 is 5.97 Å². The van der Waals surface area contributed by atoms with Gasteiger partial charge in [-0.05, 0) is 51.7 Å². The fourth-order valence-electron chi connectivity index (χ4n) is 2.91. The third-order valence-electron chi connectivity index (χ3n) is 4.59. The van der Waals surface area contributed by atoms with E-state index in [1.165, 1.54) is 11.8 Å². The maximum Gasteiger partial charge on any atom is 0.306 e. The molecule has 1 aliphatic carbocycles. The Labute approximate surface area is 158 Å². The number of rotatable bonds is 7. The number of carboxylic acids is 1. The number of anilines is 1. The fourth-order valence-corrected chi connectivity index (χ4v) is 3.61. The van der Waals surface area contributed by atoms with E-state index in [0.29, 0.717) is 25.7 Å². The molecular formula is C19H26N2O4S. The number of carbonyl (C=O) groups excluding carboxylic acids is 2. The lowest BCUT2D eigenvalue weighted by atomic mass is 9.86. The Kier molecular flexibility index (Phi) is 7.50. The molecule has 1 fully saturated rings. The number of aryl methyl sites for hydroxylation is 1. The summed E-state index contributed by atoms with van der Waals surface area (Å²) in [6.45, 7) is 3.76. The van der Waals surface area contributed by atoms with Gasteiger partial charge in [-0.2, -0.15) is 0 Å². The molecule has 0 heterocycles. The van der Waals surface area contributed by atoms with Crippen LogP contribution in [-0.2, 0) is 14.4 Å². The first-order chi connectivity index (χ1) is 12.3. The maximum absolute atomic E-state index is 12.3. The van der Waals surface area contributed by atoms with Gasteiger partial charge in [0.25, 0.3) is 0 Å². The van der Waals surface area contributed by atoms with Gasteiger partial charge in [0.2, 0.25) is 11.8 Å². The molecule has 1 aromatic rings. The van der Waals surface area contributed by atoms with E-state index in [-0.39, 0.29) is 34.8 Å². The fraction of sp³-hybridized carbons (Fsp3) is 0.526. The van der Waals surface area contributed by atoms with Crippen molar-refractivity contribution in [3.63, 3.8) is 0 Å². The summed E-state index contributed by atoms with van der Waals surface area (Å²) in [6.07, 6.45) is 2.57. The van der Waals surface area contributed by atoms with E-state index >= 15 is 0 Å². The van der Waals surface area contributed by atoms with Crippen molar-refractivity contribution in [1.82, 2.24) is 5.32 Å². The summed E-state index contributed by atoms with van der Waals surface area (Å²) in [5.74, 6) is -1.08. The number of carboxylic acid groups (broad SMARTS) is 1. The van der Waals surface area contributed by atoms with Gasteiger partial charge in [-0.1, -0.05) is 17.7 Å². The molecule has 0 saturated heterocycles. The largest absolute Gasteiger partial charge is 0.481 e. The molecule has 0 spiro atoms. The number of hydrogen-bond donors (Lipinski definition) is 3. The van der Waals surface area contributed by atoms with E-state index in [2.05, 4.69) is 10.6 Å². The number of benzene rings is 1. The summed E-state index contributed by atoms with van der Waals surface area (Å²) < 4.78 is 0. The van der Waals surface area contributed by atoms with Gasteiger partial charge in [0, 0.05) is 11.7 Å². The number of aliphatic carboxylic acids is 1. The zero-order valence-corrected chi connectivity index (χ0v) is 16.0. The molecule has 0 radical (unpaired) electrons. The van der Waals surface area contributed by atoms with Gasteiger partial charge in [-0.3, -0.25) is 14.4 Å². The van der Waals surface area contributed by atoms with Crippen LogP contribution in [0, 0.1) is 12.8 Å². The third kappa shape index (κ3) is 6.37. The average molecular weight is 378 g/mol. The summed E-state index contributed by atoms with van der Waals surface area (Å²) in [5.41, 5.74) is 1.87. The topological polar surface area (TPSA) is 95.5 Å². The predicted octanol–water partition coefficient (Wildman–Crippen LogP) is 2.81. The minimum absolute atomic E-state index is 0.0301. The van der Waals surface area contributed by atoms with E-state index in [0.717, 1.165) is 11.3 Å². The molecule has 0 aromatic heterocycles. The molecule has 0 aliphatic heterocycles. The van der Waals surface area contributed by atoms with Crippen LogP contribution in [0.25, 0.3) is 0 Å². The average Bonchev–Trinajstić information content (AvgIpc) is 2.62. The highest BCUT2D eigenvalue weighted by atomic mass is 32.2. The van der Waals surface area contributed by atoms with Crippen molar-refractivity contribution in [1.29, 1.82) is 0 Å². The van der Waals surface area contributed by atoms with E-state index in [1.54, 1.807) is 6.92 Å². The first-order valence-electron chi connectivity index (χ1n) is 8.86. The van der Waals surface area contributed by atoms with Crippen LogP contribution >= 0.6 is 11.8 Å². The van der Waals surface area contributed by atoms with Gasteiger partial charge in [-0.25, -0.2) is 0 Å². The van der Waals surface area contributed by atoms with Crippen LogP contribution in [0.3, 0.4) is 0 Å². The quantitative estimate of drug-likeness (QED) is 0.678. The van der Waals surface area contributed by atoms with Crippen molar-refractivity contribution in [2.45, 2.75) is 50.8 Å². The summed E-state index contributed by atoms with van der Waals surface area (Å²) in [7, 11) is 0. The zero-order chi connectivity index (χ0) is 19.1. The van der Waals surface area contributed by atoms with E-state index in [1.807, 2.05) is 31.2 Å². The smallest absolute Gasteiger partial charge is 0.306 e. The molecule has 7 heteroatoms. The van der Waals surface area contributed by atoms with Crippen molar-refractivity contribution in [3.8, 4) is 0 Å². The molecule has 3 N–H and O–H groups in total. The van der Waals surface area contributed by atoms with Crippen LogP contribution < -0.4 is 10.6 Å². The van der Waals surface area contributed by atoms with Gasteiger partial charge in [0.15, 0.2) is 0 Å². The molecule has 2 amide bonds. The molecule has 26 heavy (non-hydrogen) atoms. The molecule has 1 unspecified atom stereocenters. The van der Waals surface area contributed by atoms with Gasteiger partial charge in [0.05, 0.1) is 16.9 Å². The van der Waals surface area contributed by atoms with Crippen LogP contribution in [0.15, 0.2) is 24.3 Å². The molecule has 2 rings (SSSR count). The lowest BCUT2D eigenvalue weighted by molar-refractivity contribution is -0.142. The molecule has 1 atom stereocenters. The minimum atomic E-state index is -0.752. The Bertz CT molecular complexity index is 639. The van der Waals surface area contributed by atoms with Gasteiger partial charge >= 0.3 is 5.97 Å². The van der Waals surface area contributed by atoms with Crippen molar-refractivity contribution in [3.05, 3.63) is 29.8 Å². The summed E-state index contributed by atoms with van der Waals surface area (Å²) in [6, 6.07) is 7.58. The molecule has 1 aliphatic rings. The lowest BCUT2D eigenvalue weighted by Crippen LogP contribution is -2.42. The molecule has 1 aromatic carbocycles. The molecule has 0 bridgehead atoms. The van der Waals surface area contributed by atoms with Gasteiger partial charge in [-0.15, -0.1) is 11.8 Å². The Morgan fingerprint density at radius 1 is 1.15 bits per heavy atom. The Morgan fingerprint density at radius 2 is 1.77 bits per heavy atom. The number of nitrogens with one attached hydrogen (secondary N) is 2. The van der Waals surface area contributed by atoms with Crippen LogP contribution in [0.1, 0.15) is 38.2 Å². The highest BCUT2D eigenvalue weighted by molar-refractivity contribution is 8.01. The van der Waals surface area contributed by atoms with Crippen LogP contribution in [-0.4, -0.2) is 39.9 Å². The minimum Gasteiger partial charge on any atom is -0.481 e. The molecule has 6 nitrogen and oxygen atoms in total. The van der Waals surface area contributed by atoms with Crippen LogP contribution in [0.2, 0.25) is 0 Å². The molecular weight excluding hydrogens is 352 g/mol. The Morgan fingerprint density at radius 3 is 2.35 bits per heavy atom. The van der Waals surface area contributed by atoms with Crippen molar-refractivity contribution < 1.29 is 19.5 Å². The Balaban J connectivity index is 1.69. The van der Waals surface area contributed by atoms with Crippen molar-refractivity contribution >= 4 is 35.2 Å². The predicted molar refractivity (Wildman–Crippen MR) is 103 cm³/mol. The monoisotopic (exact) mass is 378 g/mol. The Hall–Kier alpha value is -2.02. The third-order valence-corrected chi connectivity index (χ3v) is 5.73. The highest BCUT2D eigenvalue weighted by Gasteiger charge is 2.27. The summed E-state index contributed by atoms with van der Waals surface area (Å²) in [5, 5.41) is 14.5. The van der Waals surface area contributed by atoms with Gasteiger partial charge in [0.1, 0.15) is 0 Å². The second-order valence-corrected chi connectivity index (χ2v) is 8.09. The summed E-state index contributed by atoms with van der Waals surface area (Å²) in [4.78, 5) is 35.2. The molecule has 1 saturated carbocycles. The second-order valence-electron chi connectivity index (χ2n) is 6.76. The zero-order valence-electron chi connectivity index (χ0n) is 15.2. The van der Waals surface area contributed by atoms with Crippen LogP contribution in [0.4, 0.5) is 5.69 Å². The number of hydrogen-bond acceptors (Lipinski definition) is 4. The first kappa shape index (κ1) is 20.3. The number of carbonyl (C=O) groups is 3. The number of thioether (sulfide) groups is 1. The van der Waals surface area contributed by atoms with Crippen molar-refractivity contribution in [2.24, 2.45) is 5.92 Å².